The van der Waals surface area contributed by atoms with E-state index in [1.54, 1.807) is 0 Å². The molecule has 0 saturated heterocycles. The van der Waals surface area contributed by atoms with E-state index in [1.165, 1.54) is 16.7 Å². The van der Waals surface area contributed by atoms with Crippen molar-refractivity contribution < 1.29 is 13.6 Å². The number of hydrogen-bond acceptors (Lipinski definition) is 3. The van der Waals surface area contributed by atoms with Crippen molar-refractivity contribution in [3.05, 3.63) is 89.5 Å². The molecule has 0 bridgehead atoms. The maximum Gasteiger partial charge on any atom is 0.530 e. The average molecular weight is 437 g/mol. The highest BCUT2D eigenvalue weighted by Crippen LogP contribution is 2.43. The van der Waals surface area contributed by atoms with E-state index in [0.717, 1.165) is 17.2 Å². The van der Waals surface area contributed by atoms with Gasteiger partial charge in [-0.2, -0.15) is 0 Å². The fourth-order valence-corrected chi connectivity index (χ4v) is 4.07. The van der Waals surface area contributed by atoms with Gasteiger partial charge in [0.2, 0.25) is 0 Å². The van der Waals surface area contributed by atoms with Crippen molar-refractivity contribution in [2.75, 3.05) is 0 Å². The maximum absolute atomic E-state index is 6.23. The Labute approximate surface area is 188 Å². The topological polar surface area (TPSA) is 27.7 Å². The van der Waals surface area contributed by atoms with Gasteiger partial charge >= 0.3 is 8.60 Å². The molecule has 4 heteroatoms. The van der Waals surface area contributed by atoms with Gasteiger partial charge in [0, 0.05) is 0 Å². The molecule has 0 aliphatic carbocycles. The summed E-state index contributed by atoms with van der Waals surface area (Å²) in [6.45, 7) is 13.0. The Balaban J connectivity index is 1.87. The quantitative estimate of drug-likeness (QED) is 0.314. The summed E-state index contributed by atoms with van der Waals surface area (Å²) in [6, 6.07) is 24.4. The molecule has 0 saturated carbocycles. The summed E-state index contributed by atoms with van der Waals surface area (Å²) in [4.78, 5) is 0. The zero-order chi connectivity index (χ0) is 22.4. The first-order valence-corrected chi connectivity index (χ1v) is 12.0. The van der Waals surface area contributed by atoms with Gasteiger partial charge in [-0.3, -0.25) is 0 Å². The third-order valence-electron chi connectivity index (χ3n) is 5.11. The molecule has 0 N–H and O–H groups in total. The Morgan fingerprint density at radius 3 is 1.03 bits per heavy atom. The predicted molar refractivity (Wildman–Crippen MR) is 130 cm³/mol. The summed E-state index contributed by atoms with van der Waals surface area (Å²) >= 11 is 0. The Bertz CT molecular complexity index is 854. The summed E-state index contributed by atoms with van der Waals surface area (Å²) in [5.41, 5.74) is 3.66. The van der Waals surface area contributed by atoms with Crippen molar-refractivity contribution in [2.45, 2.75) is 59.3 Å². The molecular formula is C27H33O3P. The largest absolute Gasteiger partial charge is 0.530 e. The van der Waals surface area contributed by atoms with Crippen LogP contribution in [0, 0.1) is 0 Å². The molecule has 0 radical (unpaired) electrons. The van der Waals surface area contributed by atoms with E-state index in [9.17, 15) is 0 Å². The van der Waals surface area contributed by atoms with Gasteiger partial charge in [-0.15, -0.1) is 0 Å². The van der Waals surface area contributed by atoms with Crippen LogP contribution in [0.2, 0.25) is 0 Å². The predicted octanol–water partition coefficient (Wildman–Crippen LogP) is 8.82. The second-order valence-corrected chi connectivity index (χ2v) is 9.67. The van der Waals surface area contributed by atoms with Crippen LogP contribution in [0.25, 0.3) is 0 Å². The summed E-state index contributed by atoms with van der Waals surface area (Å²) in [5, 5.41) is 0. The first-order chi connectivity index (χ1) is 14.8. The smallest absolute Gasteiger partial charge is 0.408 e. The second kappa shape index (κ2) is 10.7. The molecule has 0 spiro atoms. The monoisotopic (exact) mass is 436 g/mol. The Morgan fingerprint density at radius 2 is 0.774 bits per heavy atom. The minimum absolute atomic E-state index is 0.419. The van der Waals surface area contributed by atoms with Gasteiger partial charge in [-0.1, -0.05) is 77.9 Å². The van der Waals surface area contributed by atoms with Gasteiger partial charge in [-0.05, 0) is 70.8 Å². The number of hydrogen-bond donors (Lipinski definition) is 0. The minimum atomic E-state index is -1.68. The number of benzene rings is 3. The SMILES string of the molecule is CC(C)c1cccc(OP(Oc2cccc(C(C)C)c2)Oc2cccc(C(C)C)c2)c1. The van der Waals surface area contributed by atoms with E-state index < -0.39 is 8.60 Å². The van der Waals surface area contributed by atoms with E-state index in [1.807, 2.05) is 36.4 Å². The van der Waals surface area contributed by atoms with Crippen molar-refractivity contribution in [1.82, 2.24) is 0 Å². The van der Waals surface area contributed by atoms with Crippen molar-refractivity contribution in [2.24, 2.45) is 0 Å². The molecule has 0 aliphatic rings. The van der Waals surface area contributed by atoms with Crippen molar-refractivity contribution >= 4 is 8.60 Å². The third kappa shape index (κ3) is 6.74. The van der Waals surface area contributed by atoms with Crippen LogP contribution in [-0.4, -0.2) is 0 Å². The van der Waals surface area contributed by atoms with Gasteiger partial charge < -0.3 is 13.6 Å². The summed E-state index contributed by atoms with van der Waals surface area (Å²) in [6.07, 6.45) is 0. The lowest BCUT2D eigenvalue weighted by Gasteiger charge is -2.20. The highest BCUT2D eigenvalue weighted by atomic mass is 31.2. The third-order valence-corrected chi connectivity index (χ3v) is 6.19. The average Bonchev–Trinajstić information content (AvgIpc) is 2.74. The van der Waals surface area contributed by atoms with E-state index in [4.69, 9.17) is 13.6 Å². The second-order valence-electron chi connectivity index (χ2n) is 8.68. The molecular weight excluding hydrogens is 403 g/mol. The van der Waals surface area contributed by atoms with Crippen molar-refractivity contribution in [3.63, 3.8) is 0 Å². The Kier molecular flexibility index (Phi) is 7.98. The van der Waals surface area contributed by atoms with Crippen LogP contribution in [0.1, 0.15) is 76.0 Å². The summed E-state index contributed by atoms with van der Waals surface area (Å²) in [5.74, 6) is 3.50. The first kappa shape index (κ1) is 23.2. The van der Waals surface area contributed by atoms with E-state index in [-0.39, 0.29) is 0 Å². The molecule has 0 unspecified atom stereocenters. The summed E-state index contributed by atoms with van der Waals surface area (Å²) in [7, 11) is -1.68. The van der Waals surface area contributed by atoms with Gasteiger partial charge in [0.1, 0.15) is 17.2 Å². The lowest BCUT2D eigenvalue weighted by molar-refractivity contribution is 0.387. The van der Waals surface area contributed by atoms with Crippen LogP contribution in [0.5, 0.6) is 17.2 Å². The Hall–Kier alpha value is -2.51. The van der Waals surface area contributed by atoms with Gasteiger partial charge in [-0.25, -0.2) is 0 Å². The van der Waals surface area contributed by atoms with E-state index >= 15 is 0 Å². The van der Waals surface area contributed by atoms with Gasteiger partial charge in [0.25, 0.3) is 0 Å². The molecule has 0 atom stereocenters. The molecule has 3 nitrogen and oxygen atoms in total. The lowest BCUT2D eigenvalue weighted by Crippen LogP contribution is -2.03. The highest BCUT2D eigenvalue weighted by Gasteiger charge is 2.21. The van der Waals surface area contributed by atoms with Crippen LogP contribution in [0.15, 0.2) is 72.8 Å². The zero-order valence-electron chi connectivity index (χ0n) is 19.3. The van der Waals surface area contributed by atoms with E-state index in [0.29, 0.717) is 17.8 Å². The lowest BCUT2D eigenvalue weighted by atomic mass is 10.0. The fraction of sp³-hybridized carbons (Fsp3) is 0.333. The van der Waals surface area contributed by atoms with Crippen LogP contribution in [0.3, 0.4) is 0 Å². The van der Waals surface area contributed by atoms with Crippen LogP contribution >= 0.6 is 8.60 Å². The summed E-state index contributed by atoms with van der Waals surface area (Å²) < 4.78 is 18.7. The molecule has 31 heavy (non-hydrogen) atoms. The van der Waals surface area contributed by atoms with Crippen molar-refractivity contribution in [3.8, 4) is 17.2 Å². The molecule has 0 fully saturated rings. The molecule has 0 aliphatic heterocycles. The van der Waals surface area contributed by atoms with Crippen LogP contribution in [-0.2, 0) is 0 Å². The standard InChI is InChI=1S/C27H33O3P/c1-19(2)22-10-7-13-25(16-22)28-31(29-26-14-8-11-23(17-26)20(3)4)30-27-15-9-12-24(18-27)21(5)6/h7-21H,1-6H3. The molecule has 3 aromatic rings. The fourth-order valence-electron chi connectivity index (χ4n) is 3.11. The Morgan fingerprint density at radius 1 is 0.484 bits per heavy atom. The molecule has 0 heterocycles. The molecule has 0 aromatic heterocycles. The van der Waals surface area contributed by atoms with Gasteiger partial charge in [0.15, 0.2) is 0 Å². The molecule has 3 rings (SSSR count). The molecule has 164 valence electrons. The molecule has 0 amide bonds. The van der Waals surface area contributed by atoms with Crippen molar-refractivity contribution in [1.29, 1.82) is 0 Å². The number of rotatable bonds is 9. The minimum Gasteiger partial charge on any atom is -0.408 e. The van der Waals surface area contributed by atoms with Crippen LogP contribution in [0.4, 0.5) is 0 Å². The zero-order valence-corrected chi connectivity index (χ0v) is 20.2. The van der Waals surface area contributed by atoms with Crippen LogP contribution < -0.4 is 13.6 Å². The highest BCUT2D eigenvalue weighted by molar-refractivity contribution is 7.43. The van der Waals surface area contributed by atoms with Gasteiger partial charge in [0.05, 0.1) is 0 Å². The molecule has 3 aromatic carbocycles. The normalized spacial score (nSPS) is 11.4. The maximum atomic E-state index is 6.23. The van der Waals surface area contributed by atoms with E-state index in [2.05, 4.69) is 77.9 Å². The first-order valence-electron chi connectivity index (χ1n) is 11.0.